The highest BCUT2D eigenvalue weighted by atomic mass is 35.5. The SMILES string of the molecule is COC(=O)CCC(Cc1ccc(Cl)cc1)c1cc(Cl)ccn1. The van der Waals surface area contributed by atoms with Crippen LogP contribution in [0.4, 0.5) is 0 Å². The van der Waals surface area contributed by atoms with Gasteiger partial charge in [0.15, 0.2) is 0 Å². The fourth-order valence-corrected chi connectivity index (χ4v) is 2.59. The Morgan fingerprint density at radius 3 is 2.55 bits per heavy atom. The van der Waals surface area contributed by atoms with Gasteiger partial charge in [-0.2, -0.15) is 0 Å². The minimum atomic E-state index is -0.219. The second kappa shape index (κ2) is 8.16. The highest BCUT2D eigenvalue weighted by Gasteiger charge is 2.16. The molecule has 0 radical (unpaired) electrons. The molecular weight excluding hydrogens is 321 g/mol. The average Bonchev–Trinajstić information content (AvgIpc) is 2.52. The largest absolute Gasteiger partial charge is 0.469 e. The van der Waals surface area contributed by atoms with E-state index < -0.39 is 0 Å². The molecule has 0 saturated heterocycles. The summed E-state index contributed by atoms with van der Waals surface area (Å²) in [6, 6.07) is 11.3. The molecule has 0 fully saturated rings. The number of carbonyl (C=O) groups excluding carboxylic acids is 1. The highest BCUT2D eigenvalue weighted by molar-refractivity contribution is 6.30. The Labute approximate surface area is 140 Å². The van der Waals surface area contributed by atoms with Crippen molar-refractivity contribution in [2.24, 2.45) is 0 Å². The molecule has 0 aliphatic carbocycles. The summed E-state index contributed by atoms with van der Waals surface area (Å²) >= 11 is 12.0. The van der Waals surface area contributed by atoms with Crippen LogP contribution in [0, 0.1) is 0 Å². The molecule has 1 unspecified atom stereocenters. The van der Waals surface area contributed by atoms with Crippen LogP contribution >= 0.6 is 23.2 Å². The van der Waals surface area contributed by atoms with Crippen molar-refractivity contribution in [1.29, 1.82) is 0 Å². The molecule has 22 heavy (non-hydrogen) atoms. The van der Waals surface area contributed by atoms with Crippen molar-refractivity contribution in [1.82, 2.24) is 4.98 Å². The standard InChI is InChI=1S/C17H17Cl2NO2/c1-22-17(21)7-4-13(16-11-15(19)8-9-20-16)10-12-2-5-14(18)6-3-12/h2-3,5-6,8-9,11,13H,4,7,10H2,1H3. The predicted molar refractivity (Wildman–Crippen MR) is 88.4 cm³/mol. The lowest BCUT2D eigenvalue weighted by atomic mass is 9.91. The summed E-state index contributed by atoms with van der Waals surface area (Å²) in [5.41, 5.74) is 2.02. The van der Waals surface area contributed by atoms with Crippen LogP contribution in [0.2, 0.25) is 10.0 Å². The maximum atomic E-state index is 11.4. The third-order valence-electron chi connectivity index (χ3n) is 3.48. The molecule has 0 bridgehead atoms. The topological polar surface area (TPSA) is 39.2 Å². The molecule has 5 heteroatoms. The Morgan fingerprint density at radius 1 is 1.18 bits per heavy atom. The number of halogens is 2. The molecule has 0 aliphatic heterocycles. The van der Waals surface area contributed by atoms with E-state index in [0.717, 1.165) is 17.7 Å². The maximum absolute atomic E-state index is 11.4. The summed E-state index contributed by atoms with van der Waals surface area (Å²) in [6.07, 6.45) is 3.46. The normalized spacial score (nSPS) is 12.0. The first-order valence-electron chi connectivity index (χ1n) is 7.01. The van der Waals surface area contributed by atoms with Gasteiger partial charge >= 0.3 is 5.97 Å². The van der Waals surface area contributed by atoms with Gasteiger partial charge in [0, 0.05) is 34.3 Å². The number of pyridine rings is 1. The first-order valence-corrected chi connectivity index (χ1v) is 7.77. The zero-order chi connectivity index (χ0) is 15.9. The molecular formula is C17H17Cl2NO2. The van der Waals surface area contributed by atoms with Gasteiger partial charge in [-0.3, -0.25) is 9.78 Å². The number of aromatic nitrogens is 1. The van der Waals surface area contributed by atoms with Gasteiger partial charge in [0.2, 0.25) is 0 Å². The molecule has 2 aromatic rings. The van der Waals surface area contributed by atoms with Gasteiger partial charge in [-0.05, 0) is 42.7 Å². The molecule has 0 N–H and O–H groups in total. The Kier molecular flexibility index (Phi) is 6.22. The second-order valence-corrected chi connectivity index (χ2v) is 5.91. The van der Waals surface area contributed by atoms with Crippen molar-refractivity contribution in [3.63, 3.8) is 0 Å². The number of rotatable bonds is 6. The third-order valence-corrected chi connectivity index (χ3v) is 3.97. The molecule has 116 valence electrons. The van der Waals surface area contributed by atoms with E-state index in [-0.39, 0.29) is 11.9 Å². The monoisotopic (exact) mass is 337 g/mol. The van der Waals surface area contributed by atoms with Gasteiger partial charge < -0.3 is 4.74 Å². The van der Waals surface area contributed by atoms with Crippen molar-refractivity contribution >= 4 is 29.2 Å². The zero-order valence-corrected chi connectivity index (χ0v) is 13.8. The fraction of sp³-hybridized carbons (Fsp3) is 0.294. The minimum Gasteiger partial charge on any atom is -0.469 e. The summed E-state index contributed by atoms with van der Waals surface area (Å²) in [4.78, 5) is 15.8. The number of carbonyl (C=O) groups is 1. The van der Waals surface area contributed by atoms with Crippen LogP contribution in [-0.4, -0.2) is 18.1 Å². The van der Waals surface area contributed by atoms with Crippen molar-refractivity contribution in [3.8, 4) is 0 Å². The lowest BCUT2D eigenvalue weighted by Gasteiger charge is -2.16. The average molecular weight is 338 g/mol. The van der Waals surface area contributed by atoms with E-state index in [4.69, 9.17) is 27.9 Å². The quantitative estimate of drug-likeness (QED) is 0.719. The molecule has 0 amide bonds. The molecule has 1 atom stereocenters. The van der Waals surface area contributed by atoms with Gasteiger partial charge in [-0.15, -0.1) is 0 Å². The summed E-state index contributed by atoms with van der Waals surface area (Å²) in [7, 11) is 1.40. The first kappa shape index (κ1) is 16.8. The number of nitrogens with zero attached hydrogens (tertiary/aromatic N) is 1. The van der Waals surface area contributed by atoms with Gasteiger partial charge in [-0.25, -0.2) is 0 Å². The number of ether oxygens (including phenoxy) is 1. The molecule has 1 heterocycles. The van der Waals surface area contributed by atoms with E-state index in [1.165, 1.54) is 7.11 Å². The van der Waals surface area contributed by atoms with Crippen LogP contribution in [0.5, 0.6) is 0 Å². The Hall–Kier alpha value is -1.58. The highest BCUT2D eigenvalue weighted by Crippen LogP contribution is 2.26. The van der Waals surface area contributed by atoms with Crippen molar-refractivity contribution < 1.29 is 9.53 Å². The van der Waals surface area contributed by atoms with E-state index in [1.807, 2.05) is 30.3 Å². The number of benzene rings is 1. The summed E-state index contributed by atoms with van der Waals surface area (Å²) in [6.45, 7) is 0. The first-order chi connectivity index (χ1) is 10.6. The third kappa shape index (κ3) is 5.00. The van der Waals surface area contributed by atoms with Crippen molar-refractivity contribution in [2.45, 2.75) is 25.2 Å². The Balaban J connectivity index is 2.17. The summed E-state index contributed by atoms with van der Waals surface area (Å²) in [5.74, 6) is -0.123. The second-order valence-electron chi connectivity index (χ2n) is 5.04. The van der Waals surface area contributed by atoms with Crippen LogP contribution in [0.3, 0.4) is 0 Å². The van der Waals surface area contributed by atoms with Crippen LogP contribution in [0.1, 0.15) is 30.0 Å². The minimum absolute atomic E-state index is 0.0963. The predicted octanol–water partition coefficient (Wildman–Crippen LogP) is 4.67. The molecule has 0 aliphatic rings. The molecule has 0 saturated carbocycles. The molecule has 3 nitrogen and oxygen atoms in total. The van der Waals surface area contributed by atoms with E-state index in [1.54, 1.807) is 12.3 Å². The van der Waals surface area contributed by atoms with Crippen LogP contribution in [-0.2, 0) is 16.0 Å². The number of hydrogen-bond acceptors (Lipinski definition) is 3. The number of hydrogen-bond donors (Lipinski definition) is 0. The van der Waals surface area contributed by atoms with E-state index >= 15 is 0 Å². The van der Waals surface area contributed by atoms with Crippen LogP contribution < -0.4 is 0 Å². The number of methoxy groups -OCH3 is 1. The Bertz CT molecular complexity index is 629. The Morgan fingerprint density at radius 2 is 1.91 bits per heavy atom. The molecule has 0 spiro atoms. The van der Waals surface area contributed by atoms with Crippen molar-refractivity contribution in [2.75, 3.05) is 7.11 Å². The number of esters is 1. The van der Waals surface area contributed by atoms with Gasteiger partial charge in [0.05, 0.1) is 7.11 Å². The lowest BCUT2D eigenvalue weighted by Crippen LogP contribution is -2.09. The summed E-state index contributed by atoms with van der Waals surface area (Å²) < 4.78 is 4.72. The smallest absolute Gasteiger partial charge is 0.305 e. The van der Waals surface area contributed by atoms with Gasteiger partial charge in [0.25, 0.3) is 0 Å². The van der Waals surface area contributed by atoms with E-state index in [0.29, 0.717) is 22.9 Å². The van der Waals surface area contributed by atoms with Gasteiger partial charge in [0.1, 0.15) is 0 Å². The maximum Gasteiger partial charge on any atom is 0.305 e. The lowest BCUT2D eigenvalue weighted by molar-refractivity contribution is -0.140. The van der Waals surface area contributed by atoms with Gasteiger partial charge in [-0.1, -0.05) is 35.3 Å². The summed E-state index contributed by atoms with van der Waals surface area (Å²) in [5, 5.41) is 1.35. The molecule has 1 aromatic carbocycles. The van der Waals surface area contributed by atoms with E-state index in [9.17, 15) is 4.79 Å². The van der Waals surface area contributed by atoms with Crippen LogP contribution in [0.15, 0.2) is 42.6 Å². The molecule has 1 aromatic heterocycles. The fourth-order valence-electron chi connectivity index (χ4n) is 2.30. The van der Waals surface area contributed by atoms with E-state index in [2.05, 4.69) is 4.98 Å². The van der Waals surface area contributed by atoms with Crippen LogP contribution in [0.25, 0.3) is 0 Å². The zero-order valence-electron chi connectivity index (χ0n) is 12.3. The van der Waals surface area contributed by atoms with Crippen molar-refractivity contribution in [3.05, 3.63) is 63.9 Å². The molecule has 2 rings (SSSR count).